The van der Waals surface area contributed by atoms with Crippen LogP contribution in [0.3, 0.4) is 0 Å². The molecule has 0 aromatic heterocycles. The third-order valence-corrected chi connectivity index (χ3v) is 3.90. The monoisotopic (exact) mass is 325 g/mol. The Morgan fingerprint density at radius 3 is 2.68 bits per heavy atom. The van der Waals surface area contributed by atoms with E-state index < -0.39 is 0 Å². The molecular weight excluding hydrogens is 306 g/mol. The van der Waals surface area contributed by atoms with E-state index in [2.05, 4.69) is 37.5 Å². The van der Waals surface area contributed by atoms with E-state index in [9.17, 15) is 4.79 Å². The molecule has 1 saturated heterocycles. The van der Waals surface area contributed by atoms with Gasteiger partial charge >= 0.3 is 0 Å². The highest BCUT2D eigenvalue weighted by Crippen LogP contribution is 2.27. The number of benzene rings is 1. The number of amides is 1. The molecule has 1 fully saturated rings. The normalized spacial score (nSPS) is 16.4. The van der Waals surface area contributed by atoms with Crippen molar-refractivity contribution in [1.29, 1.82) is 0 Å². The summed E-state index contributed by atoms with van der Waals surface area (Å²) in [5, 5.41) is 6.29. The van der Waals surface area contributed by atoms with E-state index in [4.69, 9.17) is 0 Å². The van der Waals surface area contributed by atoms with Crippen molar-refractivity contribution in [2.24, 2.45) is 0 Å². The number of hydrogen-bond donors (Lipinski definition) is 2. The molecule has 104 valence electrons. The Balaban J connectivity index is 1.98. The number of halogens is 1. The molecule has 2 rings (SSSR count). The van der Waals surface area contributed by atoms with Crippen LogP contribution >= 0.6 is 15.9 Å². The van der Waals surface area contributed by atoms with Gasteiger partial charge in [0.2, 0.25) is 5.91 Å². The number of carbonyl (C=O) groups is 1. The molecule has 1 aromatic rings. The van der Waals surface area contributed by atoms with Crippen LogP contribution in [0.2, 0.25) is 0 Å². The van der Waals surface area contributed by atoms with Crippen LogP contribution in [-0.2, 0) is 4.79 Å². The molecule has 1 heterocycles. The molecule has 4 nitrogen and oxygen atoms in total. The minimum Gasteiger partial charge on any atom is -0.324 e. The van der Waals surface area contributed by atoms with Crippen molar-refractivity contribution in [3.63, 3.8) is 0 Å². The lowest BCUT2D eigenvalue weighted by molar-refractivity contribution is -0.117. The van der Waals surface area contributed by atoms with Gasteiger partial charge < -0.3 is 10.6 Å². The topological polar surface area (TPSA) is 44.4 Å². The number of anilines is 1. The van der Waals surface area contributed by atoms with Gasteiger partial charge in [-0.15, -0.1) is 0 Å². The first kappa shape index (κ1) is 14.5. The molecule has 0 aliphatic carbocycles. The van der Waals surface area contributed by atoms with Gasteiger partial charge in [-0.1, -0.05) is 6.07 Å². The van der Waals surface area contributed by atoms with E-state index in [0.29, 0.717) is 6.54 Å². The Bertz CT molecular complexity index is 447. The van der Waals surface area contributed by atoms with Gasteiger partial charge in [0.25, 0.3) is 0 Å². The molecule has 0 atom stereocenters. The lowest BCUT2D eigenvalue weighted by atomic mass is 10.1. The predicted octanol–water partition coefficient (Wildman–Crippen LogP) is 1.91. The highest BCUT2D eigenvalue weighted by atomic mass is 79.9. The smallest absolute Gasteiger partial charge is 0.238 e. The first-order valence-electron chi connectivity index (χ1n) is 6.56. The number of nitrogens with zero attached hydrogens (tertiary/aromatic N) is 1. The minimum absolute atomic E-state index is 0.0505. The summed E-state index contributed by atoms with van der Waals surface area (Å²) in [6.07, 6.45) is 0. The number of rotatable bonds is 3. The lowest BCUT2D eigenvalue weighted by Crippen LogP contribution is -2.46. The number of hydrogen-bond acceptors (Lipinski definition) is 3. The SMILES string of the molecule is Cc1cc(C)c(NC(=O)CN2CCNCC2)c(Br)c1. The maximum atomic E-state index is 12.1. The number of carbonyl (C=O) groups excluding carboxylic acids is 1. The lowest BCUT2D eigenvalue weighted by Gasteiger charge is -2.26. The molecule has 1 aromatic carbocycles. The van der Waals surface area contributed by atoms with Gasteiger partial charge in [0.1, 0.15) is 0 Å². The second-order valence-electron chi connectivity index (χ2n) is 5.01. The molecule has 0 bridgehead atoms. The molecule has 0 radical (unpaired) electrons. The van der Waals surface area contributed by atoms with Crippen molar-refractivity contribution >= 4 is 27.5 Å². The zero-order chi connectivity index (χ0) is 13.8. The van der Waals surface area contributed by atoms with E-state index in [-0.39, 0.29) is 5.91 Å². The predicted molar refractivity (Wildman–Crippen MR) is 81.6 cm³/mol. The maximum absolute atomic E-state index is 12.1. The van der Waals surface area contributed by atoms with Crippen LogP contribution in [0.15, 0.2) is 16.6 Å². The van der Waals surface area contributed by atoms with Crippen molar-refractivity contribution in [1.82, 2.24) is 10.2 Å². The Morgan fingerprint density at radius 2 is 2.05 bits per heavy atom. The highest BCUT2D eigenvalue weighted by molar-refractivity contribution is 9.10. The molecule has 1 amide bonds. The summed E-state index contributed by atoms with van der Waals surface area (Å²) in [5.74, 6) is 0.0505. The minimum atomic E-state index is 0.0505. The van der Waals surface area contributed by atoms with Crippen LogP contribution in [0, 0.1) is 13.8 Å². The van der Waals surface area contributed by atoms with Gasteiger partial charge in [0, 0.05) is 30.7 Å². The molecule has 1 aliphatic heterocycles. The Kier molecular flexibility index (Phi) is 4.96. The second kappa shape index (κ2) is 6.50. The first-order valence-corrected chi connectivity index (χ1v) is 7.35. The fourth-order valence-corrected chi connectivity index (χ4v) is 3.10. The summed E-state index contributed by atoms with van der Waals surface area (Å²) in [5.41, 5.74) is 3.15. The summed E-state index contributed by atoms with van der Waals surface area (Å²) in [6.45, 7) is 8.30. The molecule has 5 heteroatoms. The Labute approximate surface area is 122 Å². The van der Waals surface area contributed by atoms with Crippen LogP contribution in [0.25, 0.3) is 0 Å². The average molecular weight is 326 g/mol. The van der Waals surface area contributed by atoms with Crippen LogP contribution in [0.5, 0.6) is 0 Å². The summed E-state index contributed by atoms with van der Waals surface area (Å²) < 4.78 is 0.943. The van der Waals surface area contributed by atoms with Gasteiger partial charge in [0.15, 0.2) is 0 Å². The summed E-state index contributed by atoms with van der Waals surface area (Å²) in [4.78, 5) is 14.2. The van der Waals surface area contributed by atoms with Crippen molar-refractivity contribution in [2.75, 3.05) is 38.0 Å². The fraction of sp³-hybridized carbons (Fsp3) is 0.500. The highest BCUT2D eigenvalue weighted by Gasteiger charge is 2.15. The quantitative estimate of drug-likeness (QED) is 0.892. The molecule has 0 saturated carbocycles. The molecule has 19 heavy (non-hydrogen) atoms. The zero-order valence-corrected chi connectivity index (χ0v) is 13.0. The van der Waals surface area contributed by atoms with Crippen LogP contribution in [0.1, 0.15) is 11.1 Å². The molecule has 2 N–H and O–H groups in total. The second-order valence-corrected chi connectivity index (χ2v) is 5.87. The summed E-state index contributed by atoms with van der Waals surface area (Å²) in [6, 6.07) is 4.10. The van der Waals surface area contributed by atoms with Gasteiger partial charge in [-0.05, 0) is 47.0 Å². The van der Waals surface area contributed by atoms with Crippen LogP contribution < -0.4 is 10.6 Å². The molecular formula is C14H20BrN3O. The number of aryl methyl sites for hydroxylation is 2. The average Bonchev–Trinajstić information content (AvgIpc) is 2.35. The third-order valence-electron chi connectivity index (χ3n) is 3.27. The maximum Gasteiger partial charge on any atom is 0.238 e. The van der Waals surface area contributed by atoms with Gasteiger partial charge in [-0.25, -0.2) is 0 Å². The Morgan fingerprint density at radius 1 is 1.37 bits per heavy atom. The van der Waals surface area contributed by atoms with Crippen molar-refractivity contribution in [2.45, 2.75) is 13.8 Å². The van der Waals surface area contributed by atoms with Crippen molar-refractivity contribution in [3.8, 4) is 0 Å². The third kappa shape index (κ3) is 4.03. The van der Waals surface area contributed by atoms with Gasteiger partial charge in [0.05, 0.1) is 12.2 Å². The van der Waals surface area contributed by atoms with Crippen molar-refractivity contribution in [3.05, 3.63) is 27.7 Å². The van der Waals surface area contributed by atoms with E-state index in [1.54, 1.807) is 0 Å². The zero-order valence-electron chi connectivity index (χ0n) is 11.4. The molecule has 1 aliphatic rings. The Hall–Kier alpha value is -0.910. The summed E-state index contributed by atoms with van der Waals surface area (Å²) in [7, 11) is 0. The van der Waals surface area contributed by atoms with E-state index in [0.717, 1.165) is 41.9 Å². The first-order chi connectivity index (χ1) is 9.06. The van der Waals surface area contributed by atoms with Gasteiger partial charge in [-0.3, -0.25) is 9.69 Å². The van der Waals surface area contributed by atoms with E-state index in [1.165, 1.54) is 5.56 Å². The molecule has 0 unspecified atom stereocenters. The summed E-state index contributed by atoms with van der Waals surface area (Å²) >= 11 is 3.51. The molecule has 0 spiro atoms. The van der Waals surface area contributed by atoms with Gasteiger partial charge in [-0.2, -0.15) is 0 Å². The van der Waals surface area contributed by atoms with Crippen LogP contribution in [-0.4, -0.2) is 43.5 Å². The number of nitrogens with one attached hydrogen (secondary N) is 2. The van der Waals surface area contributed by atoms with E-state index in [1.807, 2.05) is 19.9 Å². The largest absolute Gasteiger partial charge is 0.324 e. The van der Waals surface area contributed by atoms with Crippen molar-refractivity contribution < 1.29 is 4.79 Å². The standard InChI is InChI=1S/C14H20BrN3O/c1-10-7-11(2)14(12(15)8-10)17-13(19)9-18-5-3-16-4-6-18/h7-8,16H,3-6,9H2,1-2H3,(H,17,19). The van der Waals surface area contributed by atoms with E-state index >= 15 is 0 Å². The fourth-order valence-electron chi connectivity index (χ4n) is 2.33. The number of piperazine rings is 1. The van der Waals surface area contributed by atoms with Crippen LogP contribution in [0.4, 0.5) is 5.69 Å².